The van der Waals surface area contributed by atoms with Gasteiger partial charge in [-0.3, -0.25) is 29.9 Å². The number of barbiturate groups is 1. The number of fused-ring (bicyclic) bond motifs is 4. The predicted molar refractivity (Wildman–Crippen MR) is 133 cm³/mol. The van der Waals surface area contributed by atoms with Crippen molar-refractivity contribution in [2.75, 3.05) is 32.2 Å². The molecule has 0 aromatic heterocycles. The summed E-state index contributed by atoms with van der Waals surface area (Å²) in [7, 11) is 3.07. The van der Waals surface area contributed by atoms with E-state index in [2.05, 4.69) is 5.32 Å². The van der Waals surface area contributed by atoms with Crippen LogP contribution >= 0.6 is 0 Å². The fourth-order valence-electron chi connectivity index (χ4n) is 5.89. The minimum Gasteiger partial charge on any atom is -0.493 e. The highest BCUT2D eigenvalue weighted by atomic mass is 16.6. The molecule has 1 N–H and O–H groups in total. The summed E-state index contributed by atoms with van der Waals surface area (Å²) in [6, 6.07) is 8.74. The van der Waals surface area contributed by atoms with Crippen molar-refractivity contribution in [3.63, 3.8) is 0 Å². The van der Waals surface area contributed by atoms with Crippen molar-refractivity contribution < 1.29 is 28.8 Å². The third kappa shape index (κ3) is 3.94. The number of hydrogen-bond donors (Lipinski definition) is 1. The van der Waals surface area contributed by atoms with E-state index in [0.29, 0.717) is 36.4 Å². The highest BCUT2D eigenvalue weighted by Crippen LogP contribution is 2.48. The number of amides is 4. The molecule has 3 aliphatic rings. The Hall–Kier alpha value is -4.15. The molecule has 2 aromatic carbocycles. The topological polar surface area (TPSA) is 131 Å². The maximum Gasteiger partial charge on any atom is 0.330 e. The van der Waals surface area contributed by atoms with Crippen LogP contribution in [-0.4, -0.2) is 61.0 Å². The third-order valence-corrected chi connectivity index (χ3v) is 7.69. The smallest absolute Gasteiger partial charge is 0.330 e. The van der Waals surface area contributed by atoms with E-state index >= 15 is 0 Å². The molecule has 0 saturated carbocycles. The Balaban J connectivity index is 1.49. The van der Waals surface area contributed by atoms with E-state index in [-0.39, 0.29) is 18.7 Å². The van der Waals surface area contributed by atoms with Crippen molar-refractivity contribution in [3.8, 4) is 11.5 Å². The van der Waals surface area contributed by atoms with Crippen molar-refractivity contribution in [2.24, 2.45) is 5.41 Å². The quantitative estimate of drug-likeness (QED) is 0.358. The second-order valence-corrected chi connectivity index (χ2v) is 9.58. The van der Waals surface area contributed by atoms with Crippen LogP contribution in [0.25, 0.3) is 0 Å². The van der Waals surface area contributed by atoms with Gasteiger partial charge in [0.15, 0.2) is 16.9 Å². The molecule has 0 unspecified atom stereocenters. The molecule has 2 saturated heterocycles. The molecule has 0 radical (unpaired) electrons. The second kappa shape index (κ2) is 9.38. The lowest BCUT2D eigenvalue weighted by molar-refractivity contribution is -0.384. The van der Waals surface area contributed by atoms with Gasteiger partial charge in [-0.2, -0.15) is 0 Å². The summed E-state index contributed by atoms with van der Waals surface area (Å²) in [6.07, 6.45) is 2.66. The number of nitrogens with zero attached hydrogens (tertiary/aromatic N) is 3. The number of ether oxygens (including phenoxy) is 2. The first-order valence-electron chi connectivity index (χ1n) is 12.2. The second-order valence-electron chi connectivity index (χ2n) is 9.58. The minimum absolute atomic E-state index is 0.00398. The number of carbonyl (C=O) groups excluding carboxylic acids is 3. The number of non-ortho nitro benzene ring substituents is 1. The molecule has 2 fully saturated rings. The lowest BCUT2D eigenvalue weighted by Crippen LogP contribution is -2.72. The van der Waals surface area contributed by atoms with Gasteiger partial charge in [-0.15, -0.1) is 0 Å². The van der Waals surface area contributed by atoms with E-state index in [0.717, 1.165) is 29.0 Å². The number of urea groups is 1. The highest BCUT2D eigenvalue weighted by Gasteiger charge is 2.62. The summed E-state index contributed by atoms with van der Waals surface area (Å²) >= 11 is 0. The van der Waals surface area contributed by atoms with Gasteiger partial charge in [0, 0.05) is 37.3 Å². The molecule has 4 amide bonds. The lowest BCUT2D eigenvalue weighted by Gasteiger charge is -2.53. The Kier molecular flexibility index (Phi) is 6.22. The average molecular weight is 509 g/mol. The lowest BCUT2D eigenvalue weighted by atomic mass is 9.66. The van der Waals surface area contributed by atoms with Gasteiger partial charge in [0.05, 0.1) is 25.2 Å². The fourth-order valence-corrected chi connectivity index (χ4v) is 5.89. The van der Waals surface area contributed by atoms with Crippen molar-refractivity contribution >= 4 is 29.2 Å². The van der Waals surface area contributed by atoms with E-state index < -0.39 is 34.2 Å². The van der Waals surface area contributed by atoms with Gasteiger partial charge in [0.2, 0.25) is 11.8 Å². The molecular weight excluding hydrogens is 480 g/mol. The van der Waals surface area contributed by atoms with E-state index in [1.54, 1.807) is 18.2 Å². The van der Waals surface area contributed by atoms with Crippen molar-refractivity contribution in [1.29, 1.82) is 0 Å². The first kappa shape index (κ1) is 24.5. The molecule has 0 aliphatic carbocycles. The summed E-state index contributed by atoms with van der Waals surface area (Å²) in [4.78, 5) is 54.5. The number of piperidine rings is 1. The van der Waals surface area contributed by atoms with Gasteiger partial charge >= 0.3 is 6.03 Å². The van der Waals surface area contributed by atoms with Crippen molar-refractivity contribution in [3.05, 3.63) is 57.6 Å². The van der Waals surface area contributed by atoms with Crippen LogP contribution in [0.15, 0.2) is 36.4 Å². The number of nitrogens with one attached hydrogen (secondary N) is 1. The minimum atomic E-state index is -1.55. The number of hydrogen-bond acceptors (Lipinski definition) is 8. The number of nitro groups is 1. The zero-order valence-corrected chi connectivity index (χ0v) is 20.7. The van der Waals surface area contributed by atoms with E-state index in [1.165, 1.54) is 26.4 Å². The van der Waals surface area contributed by atoms with Crippen LogP contribution < -0.4 is 19.7 Å². The summed E-state index contributed by atoms with van der Waals surface area (Å²) in [5.41, 5.74) is 0.539. The van der Waals surface area contributed by atoms with Crippen molar-refractivity contribution in [1.82, 2.24) is 10.2 Å². The molecule has 2 atom stereocenters. The zero-order valence-electron chi connectivity index (χ0n) is 20.7. The number of anilines is 1. The average Bonchev–Trinajstić information content (AvgIpc) is 2.91. The van der Waals surface area contributed by atoms with Gasteiger partial charge < -0.3 is 14.4 Å². The summed E-state index contributed by atoms with van der Waals surface area (Å²) in [5.74, 6) is -0.103. The number of methoxy groups -OCH3 is 2. The molecule has 1 spiro atoms. The number of rotatable bonds is 6. The number of benzene rings is 2. The van der Waals surface area contributed by atoms with E-state index in [1.807, 2.05) is 11.0 Å². The first-order valence-corrected chi connectivity index (χ1v) is 12.2. The van der Waals surface area contributed by atoms with Gasteiger partial charge in [-0.25, -0.2) is 4.79 Å². The van der Waals surface area contributed by atoms with Crippen LogP contribution in [0, 0.1) is 15.5 Å². The summed E-state index contributed by atoms with van der Waals surface area (Å²) in [6.45, 7) is 0.682. The van der Waals surface area contributed by atoms with Crippen LogP contribution in [0.4, 0.5) is 16.2 Å². The molecule has 11 heteroatoms. The fraction of sp³-hybridized carbons (Fsp3) is 0.423. The van der Waals surface area contributed by atoms with Crippen LogP contribution in [0.5, 0.6) is 11.5 Å². The Morgan fingerprint density at radius 3 is 2.59 bits per heavy atom. The first-order chi connectivity index (χ1) is 17.8. The third-order valence-electron chi connectivity index (χ3n) is 7.69. The van der Waals surface area contributed by atoms with E-state index in [9.17, 15) is 24.5 Å². The summed E-state index contributed by atoms with van der Waals surface area (Å²) < 4.78 is 10.6. The van der Waals surface area contributed by atoms with Gasteiger partial charge in [-0.05, 0) is 55.0 Å². The Labute approximate surface area is 213 Å². The van der Waals surface area contributed by atoms with Crippen LogP contribution in [-0.2, 0) is 22.4 Å². The maximum absolute atomic E-state index is 14.1. The van der Waals surface area contributed by atoms with Crippen LogP contribution in [0.3, 0.4) is 0 Å². The molecule has 0 bridgehead atoms. The number of imide groups is 2. The molecule has 3 heterocycles. The molecule has 11 nitrogen and oxygen atoms in total. The van der Waals surface area contributed by atoms with Gasteiger partial charge in [-0.1, -0.05) is 6.07 Å². The Morgan fingerprint density at radius 2 is 1.86 bits per heavy atom. The monoisotopic (exact) mass is 508 g/mol. The standard InChI is InChI=1S/C26H28N4O7/c1-36-20-9-6-16(13-21(20)37-2)10-12-29-24(32)26(23(31)27-25(29)33)15-17-14-18(30(34)35)7-8-19(17)28-11-4-3-5-22(26)28/h6-9,13-14,22H,3-5,10-12,15H2,1-2H3,(H,27,31,33)/t22-,26-/m0/s1. The largest absolute Gasteiger partial charge is 0.493 e. The van der Waals surface area contributed by atoms with Crippen LogP contribution in [0.2, 0.25) is 0 Å². The number of nitro benzene ring substituents is 1. The molecule has 2 aromatic rings. The molecular formula is C26H28N4O7. The van der Waals surface area contributed by atoms with Gasteiger partial charge in [0.1, 0.15) is 0 Å². The molecule has 37 heavy (non-hydrogen) atoms. The van der Waals surface area contributed by atoms with Gasteiger partial charge in [0.25, 0.3) is 5.69 Å². The van der Waals surface area contributed by atoms with E-state index in [4.69, 9.17) is 9.47 Å². The summed E-state index contributed by atoms with van der Waals surface area (Å²) in [5, 5.41) is 13.9. The Bertz CT molecular complexity index is 1300. The maximum atomic E-state index is 14.1. The number of carbonyl (C=O) groups is 3. The highest BCUT2D eigenvalue weighted by molar-refractivity contribution is 6.20. The zero-order chi connectivity index (χ0) is 26.3. The molecule has 194 valence electrons. The van der Waals surface area contributed by atoms with Crippen molar-refractivity contribution in [2.45, 2.75) is 38.1 Å². The molecule has 3 aliphatic heterocycles. The normalized spacial score (nSPS) is 22.9. The Morgan fingerprint density at radius 1 is 1.08 bits per heavy atom. The SMILES string of the molecule is COc1ccc(CCN2C(=O)NC(=O)[C@@]3(Cc4cc([N+](=O)[O-])ccc4N4CCCC[C@H]43)C2=O)cc1OC. The molecule has 5 rings (SSSR count). The predicted octanol–water partition coefficient (Wildman–Crippen LogP) is 2.83. The van der Waals surface area contributed by atoms with Crippen LogP contribution in [0.1, 0.15) is 30.4 Å².